The number of hydrogen-bond acceptors (Lipinski definition) is 7. The van der Waals surface area contributed by atoms with E-state index in [9.17, 15) is 4.79 Å². The van der Waals surface area contributed by atoms with Gasteiger partial charge in [0.1, 0.15) is 17.2 Å². The summed E-state index contributed by atoms with van der Waals surface area (Å²) >= 11 is 0. The molecule has 1 amide bonds. The minimum Gasteiger partial charge on any atom is -0.375 e. The summed E-state index contributed by atoms with van der Waals surface area (Å²) < 4.78 is 7.85. The van der Waals surface area contributed by atoms with Crippen LogP contribution in [-0.2, 0) is 4.74 Å². The fourth-order valence-corrected chi connectivity index (χ4v) is 4.86. The predicted octanol–water partition coefficient (Wildman–Crippen LogP) is 0.547. The van der Waals surface area contributed by atoms with Gasteiger partial charge in [0.05, 0.1) is 18.9 Å². The maximum atomic E-state index is 12.6. The lowest BCUT2D eigenvalue weighted by atomic mass is 9.95. The van der Waals surface area contributed by atoms with Crippen LogP contribution in [0.5, 0.6) is 0 Å². The third kappa shape index (κ3) is 2.64. The summed E-state index contributed by atoms with van der Waals surface area (Å²) in [4.78, 5) is 19.8. The van der Waals surface area contributed by atoms with Crippen LogP contribution in [0.15, 0.2) is 12.3 Å². The number of anilines is 2. The molecule has 0 spiro atoms. The van der Waals surface area contributed by atoms with Gasteiger partial charge in [0.2, 0.25) is 0 Å². The molecule has 2 aromatic rings. The molecule has 0 radical (unpaired) electrons. The van der Waals surface area contributed by atoms with Gasteiger partial charge in [0, 0.05) is 37.8 Å². The van der Waals surface area contributed by atoms with E-state index in [0.717, 1.165) is 30.9 Å². The predicted molar refractivity (Wildman–Crippen MR) is 101 cm³/mol. The summed E-state index contributed by atoms with van der Waals surface area (Å²) in [5.41, 5.74) is 1.02. The van der Waals surface area contributed by atoms with Crippen molar-refractivity contribution in [3.8, 4) is 0 Å². The van der Waals surface area contributed by atoms with Crippen LogP contribution in [0, 0.1) is 0 Å². The molecule has 0 aliphatic carbocycles. The molecule has 9 heteroatoms. The van der Waals surface area contributed by atoms with Gasteiger partial charge in [-0.25, -0.2) is 4.98 Å². The van der Waals surface area contributed by atoms with Crippen LogP contribution in [0.1, 0.15) is 29.6 Å². The Kier molecular flexibility index (Phi) is 3.94. The van der Waals surface area contributed by atoms with Crippen molar-refractivity contribution in [2.75, 3.05) is 37.9 Å². The minimum absolute atomic E-state index is 0.165. The fraction of sp³-hybridized carbons (Fsp3) is 0.611. The van der Waals surface area contributed by atoms with Crippen molar-refractivity contribution in [3.63, 3.8) is 0 Å². The number of likely N-dealkylation sites (N-methyl/N-ethyl adjacent to an activating group) is 1. The van der Waals surface area contributed by atoms with E-state index in [1.807, 2.05) is 13.1 Å². The number of fused-ring (bicyclic) bond motifs is 7. The molecule has 2 fully saturated rings. The Hall–Kier alpha value is -2.39. The lowest BCUT2D eigenvalue weighted by Gasteiger charge is -2.42. The van der Waals surface area contributed by atoms with Crippen molar-refractivity contribution in [3.05, 3.63) is 17.8 Å². The van der Waals surface area contributed by atoms with Crippen molar-refractivity contribution < 1.29 is 9.53 Å². The average Bonchev–Trinajstić information content (AvgIpc) is 3.20. The molecule has 0 saturated carbocycles. The Morgan fingerprint density at radius 2 is 2.19 bits per heavy atom. The SMILES string of the molecule is CNc1cc2nc3c(cnn13)C(=O)NCCOC1CC(N2)C2CCC1N2C. The molecule has 2 saturated heterocycles. The molecule has 4 atom stereocenters. The van der Waals surface area contributed by atoms with Gasteiger partial charge < -0.3 is 20.7 Å². The molecule has 2 aromatic heterocycles. The monoisotopic (exact) mass is 371 g/mol. The van der Waals surface area contributed by atoms with Crippen LogP contribution >= 0.6 is 0 Å². The topological polar surface area (TPSA) is 95.8 Å². The molecule has 3 aliphatic rings. The number of rotatable bonds is 1. The average molecular weight is 371 g/mol. The molecular weight excluding hydrogens is 346 g/mol. The van der Waals surface area contributed by atoms with E-state index in [1.54, 1.807) is 10.7 Å². The Morgan fingerprint density at radius 1 is 1.33 bits per heavy atom. The van der Waals surface area contributed by atoms with E-state index < -0.39 is 0 Å². The van der Waals surface area contributed by atoms with Gasteiger partial charge in [0.25, 0.3) is 5.91 Å². The number of nitrogens with one attached hydrogen (secondary N) is 3. The molecule has 0 aromatic carbocycles. The summed E-state index contributed by atoms with van der Waals surface area (Å²) in [7, 11) is 4.03. The lowest BCUT2D eigenvalue weighted by molar-refractivity contribution is -0.0328. The van der Waals surface area contributed by atoms with E-state index in [4.69, 9.17) is 9.72 Å². The third-order valence-corrected chi connectivity index (χ3v) is 6.21. The number of piperidine rings is 1. The molecule has 144 valence electrons. The Labute approximate surface area is 157 Å². The summed E-state index contributed by atoms with van der Waals surface area (Å²) in [5, 5.41) is 14.0. The standard InChI is InChI=1S/C18H25N7O2/c1-19-16-8-15-22-11-7-14(13-4-3-12(11)24(13)2)27-6-5-20-18(26)10-9-21-25(16)17(10)23-15/h8-9,11-14,19H,3-7H2,1-2H3,(H,20,26)(H,22,23). The van der Waals surface area contributed by atoms with Gasteiger partial charge >= 0.3 is 0 Å². The quantitative estimate of drug-likeness (QED) is 0.674. The van der Waals surface area contributed by atoms with Crippen molar-refractivity contribution in [1.29, 1.82) is 0 Å². The molecule has 4 unspecified atom stereocenters. The van der Waals surface area contributed by atoms with Crippen molar-refractivity contribution >= 4 is 23.2 Å². The number of carbonyl (C=O) groups excluding carboxylic acids is 1. The van der Waals surface area contributed by atoms with Crippen molar-refractivity contribution in [1.82, 2.24) is 24.8 Å². The molecule has 3 N–H and O–H groups in total. The van der Waals surface area contributed by atoms with Gasteiger partial charge in [-0.15, -0.1) is 0 Å². The largest absolute Gasteiger partial charge is 0.375 e. The first-order valence-electron chi connectivity index (χ1n) is 9.60. The lowest BCUT2D eigenvalue weighted by Crippen LogP contribution is -2.55. The van der Waals surface area contributed by atoms with Crippen LogP contribution in [0.2, 0.25) is 0 Å². The number of nitrogens with zero attached hydrogens (tertiary/aromatic N) is 4. The Balaban J connectivity index is 1.59. The minimum atomic E-state index is -0.179. The van der Waals surface area contributed by atoms with Crippen molar-refractivity contribution in [2.24, 2.45) is 0 Å². The second kappa shape index (κ2) is 6.35. The second-order valence-corrected chi connectivity index (χ2v) is 7.60. The van der Waals surface area contributed by atoms with Gasteiger partial charge in [-0.1, -0.05) is 0 Å². The number of carbonyl (C=O) groups is 1. The smallest absolute Gasteiger partial charge is 0.256 e. The summed E-state index contributed by atoms with van der Waals surface area (Å²) in [6.07, 6.45) is 4.99. The Morgan fingerprint density at radius 3 is 3.04 bits per heavy atom. The van der Waals surface area contributed by atoms with Crippen LogP contribution in [0.3, 0.4) is 0 Å². The van der Waals surface area contributed by atoms with E-state index in [2.05, 4.69) is 33.0 Å². The van der Waals surface area contributed by atoms with E-state index in [1.165, 1.54) is 0 Å². The number of hydrogen-bond donors (Lipinski definition) is 3. The highest BCUT2D eigenvalue weighted by Gasteiger charge is 2.46. The fourth-order valence-electron chi connectivity index (χ4n) is 4.86. The zero-order chi connectivity index (χ0) is 18.5. The molecule has 5 heterocycles. The maximum absolute atomic E-state index is 12.6. The summed E-state index contributed by atoms with van der Waals surface area (Å²) in [6, 6.07) is 3.13. The number of amides is 1. The normalized spacial score (nSPS) is 31.0. The highest BCUT2D eigenvalue weighted by atomic mass is 16.5. The zero-order valence-corrected chi connectivity index (χ0v) is 15.6. The summed E-state index contributed by atoms with van der Waals surface area (Å²) in [6.45, 7) is 0.985. The van der Waals surface area contributed by atoms with Crippen LogP contribution in [-0.4, -0.2) is 76.9 Å². The van der Waals surface area contributed by atoms with Gasteiger partial charge in [-0.05, 0) is 26.3 Å². The van der Waals surface area contributed by atoms with E-state index in [0.29, 0.717) is 36.4 Å². The molecule has 9 nitrogen and oxygen atoms in total. The summed E-state index contributed by atoms with van der Waals surface area (Å²) in [5.74, 6) is 1.36. The van der Waals surface area contributed by atoms with Crippen LogP contribution in [0.25, 0.3) is 5.65 Å². The molecule has 27 heavy (non-hydrogen) atoms. The first-order chi connectivity index (χ1) is 13.2. The molecular formula is C18H25N7O2. The highest BCUT2D eigenvalue weighted by molar-refractivity contribution is 6.00. The first kappa shape index (κ1) is 16.8. The Bertz CT molecular complexity index is 882. The number of ether oxygens (including phenoxy) is 1. The van der Waals surface area contributed by atoms with E-state index >= 15 is 0 Å². The van der Waals surface area contributed by atoms with Crippen LogP contribution < -0.4 is 16.0 Å². The maximum Gasteiger partial charge on any atom is 0.256 e. The molecule has 5 rings (SSSR count). The van der Waals surface area contributed by atoms with Gasteiger partial charge in [-0.2, -0.15) is 9.61 Å². The van der Waals surface area contributed by atoms with Crippen LogP contribution in [0.4, 0.5) is 11.6 Å². The van der Waals surface area contributed by atoms with Gasteiger partial charge in [-0.3, -0.25) is 9.69 Å². The first-order valence-corrected chi connectivity index (χ1v) is 9.60. The van der Waals surface area contributed by atoms with E-state index in [-0.39, 0.29) is 18.1 Å². The van der Waals surface area contributed by atoms with Gasteiger partial charge in [0.15, 0.2) is 5.65 Å². The molecule has 3 aliphatic heterocycles. The third-order valence-electron chi connectivity index (χ3n) is 6.21. The van der Waals surface area contributed by atoms with Crippen molar-refractivity contribution in [2.45, 2.75) is 43.5 Å². The highest BCUT2D eigenvalue weighted by Crippen LogP contribution is 2.37. The second-order valence-electron chi connectivity index (χ2n) is 7.60. The zero-order valence-electron chi connectivity index (χ0n) is 15.6. The molecule has 6 bridgehead atoms. The number of aromatic nitrogens is 3.